The topological polar surface area (TPSA) is 67.9 Å². The Morgan fingerprint density at radius 2 is 1.59 bits per heavy atom. The predicted molar refractivity (Wildman–Crippen MR) is 152 cm³/mol. The quantitative estimate of drug-likeness (QED) is 0.265. The van der Waals surface area contributed by atoms with E-state index in [1.54, 1.807) is 31.2 Å². The van der Waals surface area contributed by atoms with Crippen LogP contribution in [0.5, 0.6) is 0 Å². The summed E-state index contributed by atoms with van der Waals surface area (Å²) in [6, 6.07) is 15.1. The number of alkyl halides is 6. The van der Waals surface area contributed by atoms with Gasteiger partial charge in [0.05, 0.1) is 28.9 Å². The summed E-state index contributed by atoms with van der Waals surface area (Å²) in [5.74, 6) is -1.52. The predicted octanol–water partition coefficient (Wildman–Crippen LogP) is 7.78. The van der Waals surface area contributed by atoms with Crippen LogP contribution in [0.4, 0.5) is 35.5 Å². The Kier molecular flexibility index (Phi) is 9.09. The molecular formula is C33H31F7N2O4. The SMILES string of the molecule is C[C@@H](O[C@H]1CN2C(=O)CC(C)(NC(=O)OCc3ccccc3)CC2[C@@H]1c1ccc(F)cc1)c1cc(C(F)(F)F)cc(C(F)(F)F)c1. The van der Waals surface area contributed by atoms with Crippen LogP contribution >= 0.6 is 0 Å². The Morgan fingerprint density at radius 1 is 0.978 bits per heavy atom. The minimum atomic E-state index is -5.04. The summed E-state index contributed by atoms with van der Waals surface area (Å²) in [7, 11) is 0. The van der Waals surface area contributed by atoms with Gasteiger partial charge in [0.25, 0.3) is 0 Å². The lowest BCUT2D eigenvalue weighted by Gasteiger charge is -2.43. The average molecular weight is 653 g/mol. The maximum Gasteiger partial charge on any atom is 0.416 e. The van der Waals surface area contributed by atoms with E-state index in [2.05, 4.69) is 5.32 Å². The van der Waals surface area contributed by atoms with E-state index in [1.165, 1.54) is 36.1 Å². The van der Waals surface area contributed by atoms with Crippen molar-refractivity contribution >= 4 is 12.0 Å². The molecule has 0 bridgehead atoms. The van der Waals surface area contributed by atoms with Gasteiger partial charge >= 0.3 is 18.4 Å². The number of nitrogens with one attached hydrogen (secondary N) is 1. The second-order valence-electron chi connectivity index (χ2n) is 12.0. The fraction of sp³-hybridized carbons (Fsp3) is 0.394. The highest BCUT2D eigenvalue weighted by molar-refractivity contribution is 5.81. The third-order valence-electron chi connectivity index (χ3n) is 8.44. The van der Waals surface area contributed by atoms with E-state index in [0.717, 1.165) is 5.56 Å². The van der Waals surface area contributed by atoms with Crippen molar-refractivity contribution in [2.24, 2.45) is 0 Å². The molecule has 6 nitrogen and oxygen atoms in total. The number of nitrogens with zero attached hydrogens (tertiary/aromatic N) is 1. The molecule has 246 valence electrons. The molecule has 2 heterocycles. The van der Waals surface area contributed by atoms with Gasteiger partial charge in [-0.1, -0.05) is 42.5 Å². The second-order valence-corrected chi connectivity index (χ2v) is 12.0. The monoisotopic (exact) mass is 652 g/mol. The number of alkyl carbamates (subject to hydrolysis) is 1. The van der Waals surface area contributed by atoms with Gasteiger partial charge in [-0.2, -0.15) is 26.3 Å². The number of ether oxygens (including phenoxy) is 2. The molecule has 1 N–H and O–H groups in total. The van der Waals surface area contributed by atoms with E-state index >= 15 is 0 Å². The summed E-state index contributed by atoms with van der Waals surface area (Å²) in [5.41, 5.74) is -3.03. The van der Waals surface area contributed by atoms with Crippen LogP contribution in [-0.4, -0.2) is 41.1 Å². The van der Waals surface area contributed by atoms with Crippen LogP contribution in [0.15, 0.2) is 72.8 Å². The Labute approximate surface area is 260 Å². The highest BCUT2D eigenvalue weighted by atomic mass is 19.4. The van der Waals surface area contributed by atoms with Crippen LogP contribution in [0.1, 0.15) is 66.5 Å². The van der Waals surface area contributed by atoms with Crippen molar-refractivity contribution in [3.05, 3.63) is 106 Å². The van der Waals surface area contributed by atoms with E-state index in [9.17, 15) is 40.3 Å². The molecule has 3 aromatic rings. The van der Waals surface area contributed by atoms with Crippen molar-refractivity contribution in [1.29, 1.82) is 0 Å². The molecule has 0 aromatic heterocycles. The highest BCUT2D eigenvalue weighted by Crippen LogP contribution is 2.45. The molecule has 2 aliphatic heterocycles. The molecule has 3 aromatic carbocycles. The minimum absolute atomic E-state index is 0.00382. The van der Waals surface area contributed by atoms with E-state index < -0.39 is 65.1 Å². The normalized spacial score (nSPS) is 24.0. The van der Waals surface area contributed by atoms with Crippen molar-refractivity contribution in [3.63, 3.8) is 0 Å². The standard InChI is InChI=1S/C33H31F7N2O4/c1-19(22-12-23(32(35,36)37)14-24(13-22)33(38,39)40)46-27-17-42-26(29(27)21-8-10-25(34)11-9-21)15-31(2,16-28(42)43)41-30(44)45-18-20-6-4-3-5-7-20/h3-14,19,26-27,29H,15-18H2,1-2H3,(H,41,44)/t19-,26?,27+,29+,31?/m1/s1. The molecular weight excluding hydrogens is 621 g/mol. The maximum absolute atomic E-state index is 13.9. The molecule has 2 saturated heterocycles. The summed E-state index contributed by atoms with van der Waals surface area (Å²) >= 11 is 0. The van der Waals surface area contributed by atoms with E-state index in [-0.39, 0.29) is 43.5 Å². The van der Waals surface area contributed by atoms with Gasteiger partial charge < -0.3 is 19.7 Å². The van der Waals surface area contributed by atoms with Gasteiger partial charge in [0.15, 0.2) is 0 Å². The maximum atomic E-state index is 13.9. The molecule has 5 atom stereocenters. The van der Waals surface area contributed by atoms with Gasteiger partial charge in [-0.25, -0.2) is 9.18 Å². The number of fused-ring (bicyclic) bond motifs is 1. The Morgan fingerprint density at radius 3 is 2.17 bits per heavy atom. The molecule has 2 amide bonds. The zero-order valence-electron chi connectivity index (χ0n) is 24.8. The summed E-state index contributed by atoms with van der Waals surface area (Å²) in [6.07, 6.45) is -12.8. The van der Waals surface area contributed by atoms with Crippen molar-refractivity contribution in [1.82, 2.24) is 10.2 Å². The molecule has 2 unspecified atom stereocenters. The zero-order valence-corrected chi connectivity index (χ0v) is 24.8. The summed E-state index contributed by atoms with van der Waals surface area (Å²) in [4.78, 5) is 27.8. The molecule has 5 rings (SSSR count). The molecule has 0 saturated carbocycles. The van der Waals surface area contributed by atoms with Crippen LogP contribution in [0.3, 0.4) is 0 Å². The van der Waals surface area contributed by atoms with Crippen LogP contribution in [-0.2, 0) is 33.2 Å². The first-order valence-corrected chi connectivity index (χ1v) is 14.5. The second kappa shape index (κ2) is 12.6. The average Bonchev–Trinajstić information content (AvgIpc) is 3.33. The molecule has 2 fully saturated rings. The number of hydrogen-bond donors (Lipinski definition) is 1. The number of hydrogen-bond acceptors (Lipinski definition) is 4. The van der Waals surface area contributed by atoms with E-state index in [4.69, 9.17) is 9.47 Å². The van der Waals surface area contributed by atoms with Crippen LogP contribution in [0, 0.1) is 5.82 Å². The first kappa shape index (κ1) is 33.2. The lowest BCUT2D eigenvalue weighted by atomic mass is 9.78. The van der Waals surface area contributed by atoms with E-state index in [0.29, 0.717) is 17.7 Å². The van der Waals surface area contributed by atoms with Gasteiger partial charge in [0.2, 0.25) is 5.91 Å². The highest BCUT2D eigenvalue weighted by Gasteiger charge is 2.53. The smallest absolute Gasteiger partial charge is 0.416 e. The van der Waals surface area contributed by atoms with Crippen molar-refractivity contribution in [2.45, 2.75) is 75.4 Å². The van der Waals surface area contributed by atoms with Gasteiger partial charge in [-0.05, 0) is 67.3 Å². The number of piperidine rings is 1. The molecule has 0 spiro atoms. The minimum Gasteiger partial charge on any atom is -0.445 e. The Hall–Kier alpha value is -4.13. The van der Waals surface area contributed by atoms with Crippen molar-refractivity contribution in [3.8, 4) is 0 Å². The molecule has 0 aliphatic carbocycles. The Balaban J connectivity index is 1.41. The first-order valence-electron chi connectivity index (χ1n) is 14.5. The summed E-state index contributed by atoms with van der Waals surface area (Å²) in [5, 5.41) is 2.79. The number of rotatable bonds is 7. The zero-order chi connectivity index (χ0) is 33.4. The van der Waals surface area contributed by atoms with Crippen LogP contribution < -0.4 is 5.32 Å². The van der Waals surface area contributed by atoms with Crippen LogP contribution in [0.2, 0.25) is 0 Å². The van der Waals surface area contributed by atoms with Gasteiger partial charge in [0, 0.05) is 24.9 Å². The third kappa shape index (κ3) is 7.46. The summed E-state index contributed by atoms with van der Waals surface area (Å²) in [6.45, 7) is 3.01. The number of carbonyl (C=O) groups is 2. The van der Waals surface area contributed by atoms with Crippen molar-refractivity contribution in [2.75, 3.05) is 6.54 Å². The molecule has 46 heavy (non-hydrogen) atoms. The third-order valence-corrected chi connectivity index (χ3v) is 8.44. The van der Waals surface area contributed by atoms with Gasteiger partial charge in [0.1, 0.15) is 12.4 Å². The number of halogens is 7. The number of carbonyl (C=O) groups excluding carboxylic acids is 2. The number of benzene rings is 3. The lowest BCUT2D eigenvalue weighted by Crippen LogP contribution is -2.58. The number of amides is 2. The largest absolute Gasteiger partial charge is 0.445 e. The first-order chi connectivity index (χ1) is 21.5. The molecule has 13 heteroatoms. The summed E-state index contributed by atoms with van der Waals surface area (Å²) < 4.78 is 107. The molecule has 0 radical (unpaired) electrons. The van der Waals surface area contributed by atoms with Gasteiger partial charge in [-0.15, -0.1) is 0 Å². The fourth-order valence-electron chi connectivity index (χ4n) is 6.28. The van der Waals surface area contributed by atoms with E-state index in [1.807, 2.05) is 6.07 Å². The molecule has 2 aliphatic rings. The lowest BCUT2D eigenvalue weighted by molar-refractivity contribution is -0.143. The van der Waals surface area contributed by atoms with Gasteiger partial charge in [-0.3, -0.25) is 4.79 Å². The Bertz CT molecular complexity index is 1530. The van der Waals surface area contributed by atoms with Crippen LogP contribution in [0.25, 0.3) is 0 Å². The fourth-order valence-corrected chi connectivity index (χ4v) is 6.28. The van der Waals surface area contributed by atoms with Crippen molar-refractivity contribution < 1.29 is 49.8 Å².